The number of carbonyl (C=O) groups excluding carboxylic acids is 1. The fraction of sp³-hybridized carbons (Fsp3) is 0.346. The summed E-state index contributed by atoms with van der Waals surface area (Å²) in [6.07, 6.45) is 4.97. The minimum atomic E-state index is -0.313. The number of aromatic nitrogens is 2. The van der Waals surface area contributed by atoms with Gasteiger partial charge in [0.15, 0.2) is 5.17 Å². The molecule has 3 N–H and O–H groups in total. The van der Waals surface area contributed by atoms with Crippen molar-refractivity contribution in [3.8, 4) is 11.9 Å². The van der Waals surface area contributed by atoms with Gasteiger partial charge >= 0.3 is 6.03 Å². The quantitative estimate of drug-likeness (QED) is 0.345. The Kier molecular flexibility index (Phi) is 9.13. The maximum atomic E-state index is 12.2. The third kappa shape index (κ3) is 7.55. The van der Waals surface area contributed by atoms with Gasteiger partial charge < -0.3 is 20.3 Å². The summed E-state index contributed by atoms with van der Waals surface area (Å²) in [7, 11) is 4.05. The fourth-order valence-electron chi connectivity index (χ4n) is 3.76. The molecule has 1 aromatic carbocycles. The van der Waals surface area contributed by atoms with Crippen molar-refractivity contribution in [2.24, 2.45) is 4.99 Å². The van der Waals surface area contributed by atoms with Crippen molar-refractivity contribution < 1.29 is 9.53 Å². The van der Waals surface area contributed by atoms with Gasteiger partial charge in [-0.05, 0) is 39.1 Å². The molecule has 0 saturated heterocycles. The molecule has 192 valence electrons. The van der Waals surface area contributed by atoms with Crippen molar-refractivity contribution in [2.75, 3.05) is 51.0 Å². The van der Waals surface area contributed by atoms with Crippen LogP contribution in [0.1, 0.15) is 18.4 Å². The highest BCUT2D eigenvalue weighted by Gasteiger charge is 2.21. The molecule has 1 aliphatic heterocycles. The number of pyridine rings is 2. The summed E-state index contributed by atoms with van der Waals surface area (Å²) >= 11 is 1.54. The highest BCUT2D eigenvalue weighted by atomic mass is 32.2. The number of nitriles is 1. The van der Waals surface area contributed by atoms with Gasteiger partial charge in [0.25, 0.3) is 0 Å². The fourth-order valence-corrected chi connectivity index (χ4v) is 4.76. The smallest absolute Gasteiger partial charge is 0.325 e. The van der Waals surface area contributed by atoms with Crippen LogP contribution >= 0.6 is 11.8 Å². The Morgan fingerprint density at radius 3 is 2.84 bits per heavy atom. The van der Waals surface area contributed by atoms with Crippen molar-refractivity contribution in [3.63, 3.8) is 0 Å². The molecule has 1 unspecified atom stereocenters. The SMILES string of the molecule is CN(C)CCCOc1cc2ncc(C#N)c(NCCC3CN=C(NC(=O)Nc4ccccc4)S3)c2cn1. The van der Waals surface area contributed by atoms with Gasteiger partial charge in [0, 0.05) is 47.9 Å². The van der Waals surface area contributed by atoms with Crippen molar-refractivity contribution in [2.45, 2.75) is 18.1 Å². The lowest BCUT2D eigenvalue weighted by atomic mass is 10.1. The highest BCUT2D eigenvalue weighted by Crippen LogP contribution is 2.28. The molecule has 4 rings (SSSR count). The van der Waals surface area contributed by atoms with E-state index in [1.54, 1.807) is 30.2 Å². The molecule has 0 bridgehead atoms. The van der Waals surface area contributed by atoms with Gasteiger partial charge in [-0.2, -0.15) is 5.26 Å². The summed E-state index contributed by atoms with van der Waals surface area (Å²) in [4.78, 5) is 27.6. The topological polar surface area (TPSA) is 128 Å². The zero-order valence-corrected chi connectivity index (χ0v) is 21.7. The lowest BCUT2D eigenvalue weighted by Gasteiger charge is -2.14. The molecular formula is C26H30N8O2S. The number of hydrogen-bond acceptors (Lipinski definition) is 9. The van der Waals surface area contributed by atoms with E-state index in [1.807, 2.05) is 44.4 Å². The summed E-state index contributed by atoms with van der Waals surface area (Å²) in [5.41, 5.74) is 2.61. The van der Waals surface area contributed by atoms with Crippen LogP contribution in [0.3, 0.4) is 0 Å². The van der Waals surface area contributed by atoms with Gasteiger partial charge in [-0.3, -0.25) is 15.3 Å². The third-order valence-electron chi connectivity index (χ3n) is 5.59. The molecule has 0 radical (unpaired) electrons. The van der Waals surface area contributed by atoms with Gasteiger partial charge in [-0.15, -0.1) is 0 Å². The van der Waals surface area contributed by atoms with Crippen LogP contribution in [0, 0.1) is 11.3 Å². The minimum Gasteiger partial charge on any atom is -0.478 e. The molecule has 1 atom stereocenters. The number of nitrogens with zero attached hydrogens (tertiary/aromatic N) is 5. The number of benzene rings is 1. The zero-order chi connectivity index (χ0) is 26.0. The first-order chi connectivity index (χ1) is 18.0. The van der Waals surface area contributed by atoms with E-state index in [4.69, 9.17) is 4.74 Å². The normalized spacial score (nSPS) is 14.8. The number of rotatable bonds is 10. The van der Waals surface area contributed by atoms with E-state index in [-0.39, 0.29) is 11.3 Å². The number of ether oxygens (including phenoxy) is 1. The second-order valence-electron chi connectivity index (χ2n) is 8.75. The number of urea groups is 1. The predicted molar refractivity (Wildman–Crippen MR) is 148 cm³/mol. The van der Waals surface area contributed by atoms with Gasteiger partial charge in [-0.1, -0.05) is 30.0 Å². The summed E-state index contributed by atoms with van der Waals surface area (Å²) < 4.78 is 5.77. The third-order valence-corrected chi connectivity index (χ3v) is 6.76. The largest absolute Gasteiger partial charge is 0.478 e. The molecule has 37 heavy (non-hydrogen) atoms. The Morgan fingerprint density at radius 2 is 2.05 bits per heavy atom. The molecule has 0 aliphatic carbocycles. The Balaban J connectivity index is 1.28. The number of thioether (sulfide) groups is 1. The maximum absolute atomic E-state index is 12.2. The van der Waals surface area contributed by atoms with Crippen molar-refractivity contribution in [3.05, 3.63) is 54.4 Å². The van der Waals surface area contributed by atoms with Gasteiger partial charge in [0.2, 0.25) is 5.88 Å². The minimum absolute atomic E-state index is 0.221. The van der Waals surface area contributed by atoms with Crippen LogP contribution < -0.4 is 20.7 Å². The van der Waals surface area contributed by atoms with Crippen LogP contribution in [0.15, 0.2) is 53.8 Å². The molecular weight excluding hydrogens is 488 g/mol. The molecule has 0 saturated carbocycles. The summed E-state index contributed by atoms with van der Waals surface area (Å²) in [5, 5.41) is 20.2. The standard InChI is InChI=1S/C26H30N8O2S/c1-34(2)11-6-12-36-23-13-22-21(17-30-23)24(18(14-27)15-29-22)28-10-9-20-16-31-26(37-20)33-25(35)32-19-7-4-3-5-8-19/h3-5,7-8,13,15,17,20H,6,9-12,16H2,1-2H3,(H,28,29)(H2,31,32,33,35). The Hall–Kier alpha value is -3.88. The van der Waals surface area contributed by atoms with E-state index in [0.717, 1.165) is 30.5 Å². The average molecular weight is 519 g/mol. The molecule has 3 aromatic rings. The lowest BCUT2D eigenvalue weighted by molar-refractivity contribution is 0.256. The number of hydrogen-bond donors (Lipinski definition) is 3. The molecule has 1 aliphatic rings. The van der Waals surface area contributed by atoms with Crippen LogP contribution in [0.2, 0.25) is 0 Å². The van der Waals surface area contributed by atoms with Gasteiger partial charge in [0.05, 0.1) is 29.9 Å². The number of para-hydroxylation sites is 1. The summed E-state index contributed by atoms with van der Waals surface area (Å²) in [6.45, 7) is 2.76. The number of aliphatic imine (C=N–C) groups is 1. The number of nitrogens with one attached hydrogen (secondary N) is 3. The highest BCUT2D eigenvalue weighted by molar-refractivity contribution is 8.14. The second-order valence-corrected chi connectivity index (χ2v) is 10.0. The van der Waals surface area contributed by atoms with Crippen LogP contribution in [-0.2, 0) is 0 Å². The molecule has 3 heterocycles. The Labute approximate surface area is 220 Å². The van der Waals surface area contributed by atoms with Gasteiger partial charge in [-0.25, -0.2) is 9.78 Å². The van der Waals surface area contributed by atoms with E-state index in [0.29, 0.717) is 47.5 Å². The van der Waals surface area contributed by atoms with Crippen molar-refractivity contribution in [1.82, 2.24) is 20.2 Å². The van der Waals surface area contributed by atoms with E-state index >= 15 is 0 Å². The summed E-state index contributed by atoms with van der Waals surface area (Å²) in [6, 6.07) is 13.0. The zero-order valence-electron chi connectivity index (χ0n) is 20.9. The van der Waals surface area contributed by atoms with Crippen molar-refractivity contribution in [1.29, 1.82) is 5.26 Å². The molecule has 0 fully saturated rings. The monoisotopic (exact) mass is 518 g/mol. The second kappa shape index (κ2) is 12.9. The number of amidine groups is 1. The van der Waals surface area contributed by atoms with Crippen molar-refractivity contribution >= 4 is 45.2 Å². The van der Waals surface area contributed by atoms with Crippen LogP contribution in [0.4, 0.5) is 16.2 Å². The molecule has 2 aromatic heterocycles. The molecule has 11 heteroatoms. The molecule has 2 amide bonds. The first-order valence-electron chi connectivity index (χ1n) is 12.1. The predicted octanol–water partition coefficient (Wildman–Crippen LogP) is 3.93. The first-order valence-corrected chi connectivity index (χ1v) is 12.9. The average Bonchev–Trinajstić information content (AvgIpc) is 3.33. The van der Waals surface area contributed by atoms with Gasteiger partial charge in [0.1, 0.15) is 6.07 Å². The van der Waals surface area contributed by atoms with E-state index in [1.165, 1.54) is 0 Å². The number of amides is 2. The molecule has 0 spiro atoms. The maximum Gasteiger partial charge on any atom is 0.325 e. The lowest BCUT2D eigenvalue weighted by Crippen LogP contribution is -2.32. The Bertz CT molecular complexity index is 1290. The summed E-state index contributed by atoms with van der Waals surface area (Å²) in [5.74, 6) is 0.519. The van der Waals surface area contributed by atoms with E-state index in [9.17, 15) is 10.1 Å². The Morgan fingerprint density at radius 1 is 1.22 bits per heavy atom. The van der Waals surface area contributed by atoms with E-state index < -0.39 is 0 Å². The van der Waals surface area contributed by atoms with Crippen LogP contribution in [0.5, 0.6) is 5.88 Å². The first kappa shape index (κ1) is 26.2. The van der Waals surface area contributed by atoms with E-state index in [2.05, 4.69) is 41.9 Å². The number of carbonyl (C=O) groups is 1. The molecule has 10 nitrogen and oxygen atoms in total. The number of fused-ring (bicyclic) bond motifs is 1. The van der Waals surface area contributed by atoms with Crippen LogP contribution in [-0.4, -0.2) is 71.7 Å². The number of anilines is 2. The van der Waals surface area contributed by atoms with Crippen LogP contribution in [0.25, 0.3) is 10.9 Å².